The van der Waals surface area contributed by atoms with Gasteiger partial charge in [0.2, 0.25) is 0 Å². The van der Waals surface area contributed by atoms with E-state index in [4.69, 9.17) is 0 Å². The summed E-state index contributed by atoms with van der Waals surface area (Å²) in [5, 5.41) is 21.8. The molecule has 0 fully saturated rings. The number of carboxylic acid groups (broad SMARTS) is 1. The summed E-state index contributed by atoms with van der Waals surface area (Å²) in [5.41, 5.74) is 1.36. The Kier molecular flexibility index (Phi) is 4.15. The highest BCUT2D eigenvalue weighted by molar-refractivity contribution is 5.75. The quantitative estimate of drug-likeness (QED) is 0.768. The summed E-state index contributed by atoms with van der Waals surface area (Å²) >= 11 is 0. The summed E-state index contributed by atoms with van der Waals surface area (Å²) < 4.78 is 0. The standard InChI is InChI=1S/C15H15NO3/c17-13-9-5-4-8-12(13)10-16-14(15(18)19)11-6-2-1-3-7-11/h1-9,14,16-17H,10H2,(H,18,19). The number of benzene rings is 2. The zero-order valence-corrected chi connectivity index (χ0v) is 10.3. The van der Waals surface area contributed by atoms with Crippen LogP contribution < -0.4 is 5.32 Å². The van der Waals surface area contributed by atoms with Crippen LogP contribution in [-0.2, 0) is 11.3 Å². The Balaban J connectivity index is 2.11. The molecular formula is C15H15NO3. The lowest BCUT2D eigenvalue weighted by Gasteiger charge is -2.15. The van der Waals surface area contributed by atoms with Gasteiger partial charge in [-0.15, -0.1) is 0 Å². The third-order valence-corrected chi connectivity index (χ3v) is 2.87. The van der Waals surface area contributed by atoms with E-state index in [0.717, 1.165) is 0 Å². The summed E-state index contributed by atoms with van der Waals surface area (Å²) in [6.45, 7) is 0.290. The first-order valence-corrected chi connectivity index (χ1v) is 5.96. The van der Waals surface area contributed by atoms with Crippen LogP contribution in [0.4, 0.5) is 0 Å². The molecule has 0 spiro atoms. The van der Waals surface area contributed by atoms with Crippen molar-refractivity contribution in [3.8, 4) is 5.75 Å². The zero-order valence-electron chi connectivity index (χ0n) is 10.3. The van der Waals surface area contributed by atoms with Crippen LogP contribution in [0.2, 0.25) is 0 Å². The van der Waals surface area contributed by atoms with E-state index in [1.54, 1.807) is 48.5 Å². The van der Waals surface area contributed by atoms with Gasteiger partial charge in [0.05, 0.1) is 0 Å². The first kappa shape index (κ1) is 13.1. The van der Waals surface area contributed by atoms with Crippen molar-refractivity contribution >= 4 is 5.97 Å². The molecule has 0 aliphatic carbocycles. The normalized spacial score (nSPS) is 12.0. The van der Waals surface area contributed by atoms with E-state index >= 15 is 0 Å². The predicted molar refractivity (Wildman–Crippen MR) is 71.8 cm³/mol. The Morgan fingerprint density at radius 1 is 1.05 bits per heavy atom. The molecule has 0 radical (unpaired) electrons. The first-order valence-electron chi connectivity index (χ1n) is 5.96. The fraction of sp³-hybridized carbons (Fsp3) is 0.133. The van der Waals surface area contributed by atoms with Crippen molar-refractivity contribution in [2.24, 2.45) is 0 Å². The minimum Gasteiger partial charge on any atom is -0.508 e. The van der Waals surface area contributed by atoms with Crippen molar-refractivity contribution in [2.45, 2.75) is 12.6 Å². The summed E-state index contributed by atoms with van der Waals surface area (Å²) in [5.74, 6) is -0.783. The van der Waals surface area contributed by atoms with Crippen LogP contribution >= 0.6 is 0 Å². The van der Waals surface area contributed by atoms with Gasteiger partial charge in [0.1, 0.15) is 11.8 Å². The van der Waals surface area contributed by atoms with Crippen LogP contribution in [0.1, 0.15) is 17.2 Å². The highest BCUT2D eigenvalue weighted by atomic mass is 16.4. The number of aliphatic carboxylic acids is 1. The predicted octanol–water partition coefficient (Wildman–Crippen LogP) is 2.31. The molecule has 0 amide bonds. The lowest BCUT2D eigenvalue weighted by atomic mass is 10.1. The van der Waals surface area contributed by atoms with Gasteiger partial charge in [-0.05, 0) is 11.6 Å². The van der Waals surface area contributed by atoms with Gasteiger partial charge in [0.25, 0.3) is 0 Å². The van der Waals surface area contributed by atoms with Crippen LogP contribution in [0, 0.1) is 0 Å². The Morgan fingerprint density at radius 2 is 1.68 bits per heavy atom. The summed E-state index contributed by atoms with van der Waals surface area (Å²) in [7, 11) is 0. The molecule has 0 aliphatic rings. The van der Waals surface area contributed by atoms with E-state index in [2.05, 4.69) is 5.32 Å². The molecule has 0 aliphatic heterocycles. The largest absolute Gasteiger partial charge is 0.508 e. The molecule has 4 heteroatoms. The molecule has 0 saturated carbocycles. The average molecular weight is 257 g/mol. The molecule has 0 aromatic heterocycles. The fourth-order valence-electron chi connectivity index (χ4n) is 1.87. The van der Waals surface area contributed by atoms with Crippen molar-refractivity contribution in [3.63, 3.8) is 0 Å². The van der Waals surface area contributed by atoms with Crippen molar-refractivity contribution in [2.75, 3.05) is 0 Å². The molecule has 4 nitrogen and oxygen atoms in total. The highest BCUT2D eigenvalue weighted by Crippen LogP contribution is 2.18. The molecule has 0 saturated heterocycles. The van der Waals surface area contributed by atoms with Crippen LogP contribution in [0.15, 0.2) is 54.6 Å². The zero-order chi connectivity index (χ0) is 13.7. The molecule has 19 heavy (non-hydrogen) atoms. The van der Waals surface area contributed by atoms with E-state index < -0.39 is 12.0 Å². The van der Waals surface area contributed by atoms with Crippen molar-refractivity contribution in [1.82, 2.24) is 5.32 Å². The van der Waals surface area contributed by atoms with Crippen LogP contribution in [0.3, 0.4) is 0 Å². The van der Waals surface area contributed by atoms with Crippen LogP contribution in [0.5, 0.6) is 5.75 Å². The number of hydrogen-bond donors (Lipinski definition) is 3. The number of para-hydroxylation sites is 1. The molecule has 2 rings (SSSR count). The van der Waals surface area contributed by atoms with Gasteiger partial charge in [-0.25, -0.2) is 0 Å². The molecule has 98 valence electrons. The molecule has 0 bridgehead atoms. The number of rotatable bonds is 5. The lowest BCUT2D eigenvalue weighted by Crippen LogP contribution is -2.28. The van der Waals surface area contributed by atoms with Gasteiger partial charge in [-0.1, -0.05) is 48.5 Å². The maximum Gasteiger partial charge on any atom is 0.325 e. The van der Waals surface area contributed by atoms with Gasteiger partial charge in [-0.3, -0.25) is 10.1 Å². The number of carboxylic acids is 1. The third-order valence-electron chi connectivity index (χ3n) is 2.87. The number of phenols is 1. The van der Waals surface area contributed by atoms with Crippen LogP contribution in [-0.4, -0.2) is 16.2 Å². The number of hydrogen-bond acceptors (Lipinski definition) is 3. The van der Waals surface area contributed by atoms with Crippen molar-refractivity contribution in [1.29, 1.82) is 0 Å². The minimum absolute atomic E-state index is 0.159. The first-order chi connectivity index (χ1) is 9.18. The number of carbonyl (C=O) groups is 1. The Morgan fingerprint density at radius 3 is 2.32 bits per heavy atom. The van der Waals surface area contributed by atoms with Gasteiger partial charge in [0.15, 0.2) is 0 Å². The highest BCUT2D eigenvalue weighted by Gasteiger charge is 2.18. The number of nitrogens with one attached hydrogen (secondary N) is 1. The topological polar surface area (TPSA) is 69.6 Å². The van der Waals surface area contributed by atoms with E-state index in [1.807, 2.05) is 6.07 Å². The lowest BCUT2D eigenvalue weighted by molar-refractivity contribution is -0.139. The van der Waals surface area contributed by atoms with E-state index in [9.17, 15) is 15.0 Å². The van der Waals surface area contributed by atoms with E-state index in [0.29, 0.717) is 17.7 Å². The van der Waals surface area contributed by atoms with E-state index in [1.165, 1.54) is 0 Å². The van der Waals surface area contributed by atoms with Gasteiger partial charge in [-0.2, -0.15) is 0 Å². The molecule has 3 N–H and O–H groups in total. The minimum atomic E-state index is -0.943. The second kappa shape index (κ2) is 6.02. The van der Waals surface area contributed by atoms with Gasteiger partial charge < -0.3 is 10.2 Å². The van der Waals surface area contributed by atoms with Gasteiger partial charge >= 0.3 is 5.97 Å². The maximum absolute atomic E-state index is 11.3. The average Bonchev–Trinajstić information content (AvgIpc) is 2.42. The third kappa shape index (κ3) is 3.33. The Labute approximate surface area is 111 Å². The molecule has 0 heterocycles. The molecular weight excluding hydrogens is 242 g/mol. The number of phenolic OH excluding ortho intramolecular Hbond substituents is 1. The summed E-state index contributed by atoms with van der Waals surface area (Å²) in [6.07, 6.45) is 0. The fourth-order valence-corrected chi connectivity index (χ4v) is 1.87. The molecule has 2 aromatic rings. The smallest absolute Gasteiger partial charge is 0.325 e. The Bertz CT molecular complexity index is 554. The van der Waals surface area contributed by atoms with E-state index in [-0.39, 0.29) is 5.75 Å². The molecule has 1 atom stereocenters. The van der Waals surface area contributed by atoms with Crippen molar-refractivity contribution in [3.05, 3.63) is 65.7 Å². The van der Waals surface area contributed by atoms with Crippen molar-refractivity contribution < 1.29 is 15.0 Å². The SMILES string of the molecule is O=C(O)C(NCc1ccccc1O)c1ccccc1. The van der Waals surface area contributed by atoms with Gasteiger partial charge in [0, 0.05) is 12.1 Å². The molecule has 1 unspecified atom stereocenters. The summed E-state index contributed by atoms with van der Waals surface area (Å²) in [6, 6.07) is 15.0. The second-order valence-corrected chi connectivity index (χ2v) is 4.19. The Hall–Kier alpha value is -2.33. The maximum atomic E-state index is 11.3. The summed E-state index contributed by atoms with van der Waals surface area (Å²) in [4.78, 5) is 11.3. The van der Waals surface area contributed by atoms with Crippen LogP contribution in [0.25, 0.3) is 0 Å². The number of aromatic hydroxyl groups is 1. The molecule has 2 aromatic carbocycles. The monoisotopic (exact) mass is 257 g/mol. The second-order valence-electron chi connectivity index (χ2n) is 4.19.